The average molecular weight is 354 g/mol. The fourth-order valence-corrected chi connectivity index (χ4v) is 3.22. The molecule has 0 radical (unpaired) electrons. The summed E-state index contributed by atoms with van der Waals surface area (Å²) in [6.45, 7) is 5.40. The van der Waals surface area contributed by atoms with Crippen molar-refractivity contribution in [1.82, 2.24) is 4.90 Å². The molecule has 6 heteroatoms. The Hall–Kier alpha value is -0.0000000000000000971. The molecule has 100 valence electrons. The van der Waals surface area contributed by atoms with E-state index in [1.807, 2.05) is 12.1 Å². The smallest absolute Gasteiger partial charge is 0.0720 e. The van der Waals surface area contributed by atoms with E-state index in [-0.39, 0.29) is 0 Å². The highest BCUT2D eigenvalue weighted by atomic mass is 79.9. The Kier molecular flexibility index (Phi) is 5.57. The zero-order chi connectivity index (χ0) is 13.0. The number of anilines is 1. The fraction of sp³-hybridized carbons (Fsp3) is 0.500. The van der Waals surface area contributed by atoms with Crippen LogP contribution in [-0.2, 0) is 4.74 Å². The Balaban J connectivity index is 1.86. The molecule has 18 heavy (non-hydrogen) atoms. The molecule has 0 atom stereocenters. The predicted octanol–water partition coefficient (Wildman–Crippen LogP) is 3.50. The first-order valence-electron chi connectivity index (χ1n) is 5.85. The summed E-state index contributed by atoms with van der Waals surface area (Å²) < 4.78 is 6.19. The van der Waals surface area contributed by atoms with Gasteiger partial charge in [-0.3, -0.25) is 4.90 Å². The topological polar surface area (TPSA) is 24.5 Å². The van der Waals surface area contributed by atoms with Crippen molar-refractivity contribution in [2.24, 2.45) is 0 Å². The standard InChI is InChI=1S/C12H15BrCl2N2O/c13-9-7-10(14)12(11(15)8-9)16-1-2-17-3-5-18-6-4-17/h7-8,16H,1-6H2. The van der Waals surface area contributed by atoms with E-state index in [1.54, 1.807) is 0 Å². The molecule has 1 N–H and O–H groups in total. The quantitative estimate of drug-likeness (QED) is 0.896. The van der Waals surface area contributed by atoms with Gasteiger partial charge >= 0.3 is 0 Å². The summed E-state index contributed by atoms with van der Waals surface area (Å²) in [6, 6.07) is 3.68. The summed E-state index contributed by atoms with van der Waals surface area (Å²) in [5, 5.41) is 4.56. The van der Waals surface area contributed by atoms with Crippen LogP contribution >= 0.6 is 39.1 Å². The number of nitrogens with one attached hydrogen (secondary N) is 1. The molecule has 0 spiro atoms. The van der Waals surface area contributed by atoms with E-state index >= 15 is 0 Å². The molecule has 0 aromatic heterocycles. The summed E-state index contributed by atoms with van der Waals surface area (Å²) in [7, 11) is 0. The van der Waals surface area contributed by atoms with E-state index in [2.05, 4.69) is 26.1 Å². The van der Waals surface area contributed by atoms with Crippen molar-refractivity contribution in [1.29, 1.82) is 0 Å². The minimum atomic E-state index is 0.636. The van der Waals surface area contributed by atoms with Crippen LogP contribution in [0.25, 0.3) is 0 Å². The van der Waals surface area contributed by atoms with E-state index in [9.17, 15) is 0 Å². The molecule has 1 aromatic rings. The molecule has 1 aliphatic heterocycles. The summed E-state index contributed by atoms with van der Waals surface area (Å²) in [4.78, 5) is 2.36. The molecule has 1 fully saturated rings. The molecule has 0 bridgehead atoms. The number of morpholine rings is 1. The Bertz CT molecular complexity index is 388. The number of ether oxygens (including phenoxy) is 1. The van der Waals surface area contributed by atoms with Crippen LogP contribution < -0.4 is 5.32 Å². The van der Waals surface area contributed by atoms with Gasteiger partial charge in [0.2, 0.25) is 0 Å². The van der Waals surface area contributed by atoms with E-state index in [0.29, 0.717) is 10.0 Å². The van der Waals surface area contributed by atoms with Gasteiger partial charge in [-0.25, -0.2) is 0 Å². The lowest BCUT2D eigenvalue weighted by Crippen LogP contribution is -2.39. The first kappa shape index (κ1) is 14.4. The summed E-state index contributed by atoms with van der Waals surface area (Å²) in [5.41, 5.74) is 0.801. The van der Waals surface area contributed by atoms with Crippen molar-refractivity contribution in [3.05, 3.63) is 26.7 Å². The van der Waals surface area contributed by atoms with Gasteiger partial charge in [0.25, 0.3) is 0 Å². The maximum absolute atomic E-state index is 6.15. The number of nitrogens with zero attached hydrogens (tertiary/aromatic N) is 1. The van der Waals surface area contributed by atoms with Crippen molar-refractivity contribution < 1.29 is 4.74 Å². The van der Waals surface area contributed by atoms with E-state index < -0.39 is 0 Å². The monoisotopic (exact) mass is 352 g/mol. The van der Waals surface area contributed by atoms with Crippen molar-refractivity contribution in [3.8, 4) is 0 Å². The van der Waals surface area contributed by atoms with Gasteiger partial charge in [0, 0.05) is 30.7 Å². The molecule has 0 unspecified atom stereocenters. The van der Waals surface area contributed by atoms with Gasteiger partial charge in [-0.1, -0.05) is 39.1 Å². The Labute approximate surface area is 126 Å². The summed E-state index contributed by atoms with van der Waals surface area (Å²) >= 11 is 15.7. The molecule has 1 heterocycles. The van der Waals surface area contributed by atoms with Gasteiger partial charge in [0.05, 0.1) is 28.9 Å². The zero-order valence-electron chi connectivity index (χ0n) is 9.89. The normalized spacial score (nSPS) is 16.8. The molecule has 0 amide bonds. The molecular weight excluding hydrogens is 339 g/mol. The highest BCUT2D eigenvalue weighted by Gasteiger charge is 2.11. The van der Waals surface area contributed by atoms with Crippen LogP contribution in [0.15, 0.2) is 16.6 Å². The lowest BCUT2D eigenvalue weighted by atomic mass is 10.3. The zero-order valence-corrected chi connectivity index (χ0v) is 13.0. The Morgan fingerprint density at radius 2 is 1.83 bits per heavy atom. The first-order valence-corrected chi connectivity index (χ1v) is 7.40. The van der Waals surface area contributed by atoms with Crippen LogP contribution in [0.3, 0.4) is 0 Å². The van der Waals surface area contributed by atoms with Crippen molar-refractivity contribution in [2.75, 3.05) is 44.7 Å². The van der Waals surface area contributed by atoms with Crippen molar-refractivity contribution >= 4 is 44.8 Å². The number of halogens is 3. The van der Waals surface area contributed by atoms with Gasteiger partial charge in [0.1, 0.15) is 0 Å². The molecule has 1 aromatic carbocycles. The van der Waals surface area contributed by atoms with Gasteiger partial charge in [0.15, 0.2) is 0 Å². The lowest BCUT2D eigenvalue weighted by Gasteiger charge is -2.26. The molecule has 0 aliphatic carbocycles. The lowest BCUT2D eigenvalue weighted by molar-refractivity contribution is 0.0398. The predicted molar refractivity (Wildman–Crippen MR) is 79.9 cm³/mol. The van der Waals surface area contributed by atoms with Crippen LogP contribution in [0.4, 0.5) is 5.69 Å². The second-order valence-corrected chi connectivity index (χ2v) is 5.86. The van der Waals surface area contributed by atoms with Crippen molar-refractivity contribution in [2.45, 2.75) is 0 Å². The molecule has 0 saturated carbocycles. The van der Waals surface area contributed by atoms with Crippen LogP contribution in [-0.4, -0.2) is 44.3 Å². The number of hydrogen-bond acceptors (Lipinski definition) is 3. The highest BCUT2D eigenvalue weighted by Crippen LogP contribution is 2.33. The number of rotatable bonds is 4. The second-order valence-electron chi connectivity index (χ2n) is 4.13. The van der Waals surface area contributed by atoms with Crippen LogP contribution in [0.1, 0.15) is 0 Å². The third-order valence-electron chi connectivity index (χ3n) is 2.84. The largest absolute Gasteiger partial charge is 0.381 e. The van der Waals surface area contributed by atoms with Crippen LogP contribution in [0, 0.1) is 0 Å². The summed E-state index contributed by atoms with van der Waals surface area (Å²) in [5.74, 6) is 0. The van der Waals surface area contributed by atoms with Crippen LogP contribution in [0.2, 0.25) is 10.0 Å². The number of benzene rings is 1. The third-order valence-corrected chi connectivity index (χ3v) is 3.89. The summed E-state index contributed by atoms with van der Waals surface area (Å²) in [6.07, 6.45) is 0. The molecule has 1 saturated heterocycles. The molecular formula is C12H15BrCl2N2O. The molecule has 1 aliphatic rings. The van der Waals surface area contributed by atoms with Gasteiger partial charge in [-0.2, -0.15) is 0 Å². The van der Waals surface area contributed by atoms with Crippen LogP contribution in [0.5, 0.6) is 0 Å². The van der Waals surface area contributed by atoms with Crippen molar-refractivity contribution in [3.63, 3.8) is 0 Å². The van der Waals surface area contributed by atoms with E-state index in [1.165, 1.54) is 0 Å². The SMILES string of the molecule is Clc1cc(Br)cc(Cl)c1NCCN1CCOCC1. The minimum Gasteiger partial charge on any atom is -0.381 e. The minimum absolute atomic E-state index is 0.636. The highest BCUT2D eigenvalue weighted by molar-refractivity contribution is 9.10. The van der Waals surface area contributed by atoms with E-state index in [4.69, 9.17) is 27.9 Å². The molecule has 2 rings (SSSR count). The number of hydrogen-bond donors (Lipinski definition) is 1. The average Bonchev–Trinajstić information content (AvgIpc) is 2.34. The Morgan fingerprint density at radius 1 is 1.22 bits per heavy atom. The van der Waals surface area contributed by atoms with Gasteiger partial charge in [-0.05, 0) is 12.1 Å². The van der Waals surface area contributed by atoms with E-state index in [0.717, 1.165) is 49.6 Å². The Morgan fingerprint density at radius 3 is 2.44 bits per heavy atom. The molecule has 3 nitrogen and oxygen atoms in total. The maximum Gasteiger partial charge on any atom is 0.0720 e. The van der Waals surface area contributed by atoms with Gasteiger partial charge in [-0.15, -0.1) is 0 Å². The second kappa shape index (κ2) is 6.96. The third kappa shape index (κ3) is 4.00. The first-order chi connectivity index (χ1) is 8.66. The maximum atomic E-state index is 6.15. The van der Waals surface area contributed by atoms with Gasteiger partial charge < -0.3 is 10.1 Å². The fourth-order valence-electron chi connectivity index (χ4n) is 1.87.